The SMILES string of the molecule is Cc1ccc(C)c(NC(=S)N[C@@H](NC(=O)c2cccc(Cl)c2)C(Cl)(Cl)Cl)c1. The number of rotatable bonds is 4. The highest BCUT2D eigenvalue weighted by Gasteiger charge is 2.35. The maximum Gasteiger partial charge on any atom is 0.253 e. The molecular formula is C18H17Cl4N3OS. The first-order chi connectivity index (χ1) is 12.6. The number of nitrogens with one attached hydrogen (secondary N) is 3. The Bertz CT molecular complexity index is 855. The smallest absolute Gasteiger partial charge is 0.253 e. The molecule has 27 heavy (non-hydrogen) atoms. The first-order valence-corrected chi connectivity index (χ1v) is 9.76. The number of halogens is 4. The third-order valence-electron chi connectivity index (χ3n) is 3.61. The van der Waals surface area contributed by atoms with E-state index in [0.717, 1.165) is 16.8 Å². The van der Waals surface area contributed by atoms with Crippen LogP contribution >= 0.6 is 58.6 Å². The van der Waals surface area contributed by atoms with Crippen LogP contribution < -0.4 is 16.0 Å². The van der Waals surface area contributed by atoms with Crippen molar-refractivity contribution in [2.75, 3.05) is 5.32 Å². The Balaban J connectivity index is 2.11. The van der Waals surface area contributed by atoms with E-state index in [0.29, 0.717) is 10.6 Å². The molecule has 2 aromatic rings. The summed E-state index contributed by atoms with van der Waals surface area (Å²) >= 11 is 29.2. The van der Waals surface area contributed by atoms with Gasteiger partial charge in [0.1, 0.15) is 6.17 Å². The van der Waals surface area contributed by atoms with Gasteiger partial charge in [-0.05, 0) is 61.5 Å². The second-order valence-electron chi connectivity index (χ2n) is 5.88. The largest absolute Gasteiger partial charge is 0.339 e. The van der Waals surface area contributed by atoms with Crippen LogP contribution in [0.2, 0.25) is 5.02 Å². The second kappa shape index (κ2) is 9.30. The predicted octanol–water partition coefficient (Wildman–Crippen LogP) is 5.37. The van der Waals surface area contributed by atoms with E-state index in [-0.39, 0.29) is 5.11 Å². The topological polar surface area (TPSA) is 53.2 Å². The normalized spacial score (nSPS) is 12.2. The molecule has 0 aliphatic heterocycles. The lowest BCUT2D eigenvalue weighted by Crippen LogP contribution is -2.56. The minimum atomic E-state index is -1.85. The summed E-state index contributed by atoms with van der Waals surface area (Å²) in [5.74, 6) is -0.462. The van der Waals surface area contributed by atoms with Gasteiger partial charge in [0, 0.05) is 16.3 Å². The molecule has 2 rings (SSSR count). The highest BCUT2D eigenvalue weighted by atomic mass is 35.6. The number of carbonyl (C=O) groups is 1. The zero-order valence-corrected chi connectivity index (χ0v) is 18.3. The Morgan fingerprint density at radius 2 is 1.78 bits per heavy atom. The number of anilines is 1. The van der Waals surface area contributed by atoms with Crippen LogP contribution in [-0.4, -0.2) is 21.0 Å². The van der Waals surface area contributed by atoms with Crippen LogP contribution in [0.3, 0.4) is 0 Å². The minimum absolute atomic E-state index is 0.200. The summed E-state index contributed by atoms with van der Waals surface area (Å²) < 4.78 is -1.85. The van der Waals surface area contributed by atoms with Crippen LogP contribution in [-0.2, 0) is 0 Å². The van der Waals surface area contributed by atoms with Crippen LogP contribution in [0.4, 0.5) is 5.69 Å². The molecule has 0 radical (unpaired) electrons. The lowest BCUT2D eigenvalue weighted by Gasteiger charge is -2.28. The highest BCUT2D eigenvalue weighted by molar-refractivity contribution is 7.80. The van der Waals surface area contributed by atoms with Gasteiger partial charge in [0.25, 0.3) is 5.91 Å². The van der Waals surface area contributed by atoms with E-state index in [2.05, 4.69) is 16.0 Å². The maximum atomic E-state index is 12.4. The molecule has 0 fully saturated rings. The number of alkyl halides is 3. The van der Waals surface area contributed by atoms with Gasteiger partial charge in [0.15, 0.2) is 5.11 Å². The van der Waals surface area contributed by atoms with Crippen LogP contribution in [0.5, 0.6) is 0 Å². The molecule has 0 saturated carbocycles. The molecule has 0 bridgehead atoms. The lowest BCUT2D eigenvalue weighted by atomic mass is 10.1. The molecule has 2 aromatic carbocycles. The first kappa shape index (κ1) is 22.1. The van der Waals surface area contributed by atoms with Gasteiger partial charge in [-0.15, -0.1) is 0 Å². The van der Waals surface area contributed by atoms with Crippen molar-refractivity contribution in [3.8, 4) is 0 Å². The number of hydrogen-bond donors (Lipinski definition) is 3. The van der Waals surface area contributed by atoms with Gasteiger partial charge in [-0.3, -0.25) is 4.79 Å². The van der Waals surface area contributed by atoms with Gasteiger partial charge >= 0.3 is 0 Å². The quantitative estimate of drug-likeness (QED) is 0.323. The lowest BCUT2D eigenvalue weighted by molar-refractivity contribution is 0.0934. The summed E-state index contributed by atoms with van der Waals surface area (Å²) in [6.45, 7) is 3.91. The van der Waals surface area contributed by atoms with E-state index in [4.69, 9.17) is 58.6 Å². The van der Waals surface area contributed by atoms with Crippen LogP contribution in [0.1, 0.15) is 21.5 Å². The highest BCUT2D eigenvalue weighted by Crippen LogP contribution is 2.29. The van der Waals surface area contributed by atoms with Crippen molar-refractivity contribution < 1.29 is 4.79 Å². The fourth-order valence-electron chi connectivity index (χ4n) is 2.20. The Morgan fingerprint density at radius 1 is 1.07 bits per heavy atom. The standard InChI is InChI=1S/C18H17Cl4N3OS/c1-10-6-7-11(2)14(8-10)23-17(27)25-16(18(20,21)22)24-15(26)12-4-3-5-13(19)9-12/h3-9,16H,1-2H3,(H,24,26)(H2,23,25,27)/t16-/m1/s1. The van der Waals surface area contributed by atoms with E-state index in [1.54, 1.807) is 18.2 Å². The van der Waals surface area contributed by atoms with Gasteiger partial charge in [-0.2, -0.15) is 0 Å². The summed E-state index contributed by atoms with van der Waals surface area (Å²) in [5, 5.41) is 9.11. The van der Waals surface area contributed by atoms with E-state index in [1.165, 1.54) is 6.07 Å². The summed E-state index contributed by atoms with van der Waals surface area (Å²) in [4.78, 5) is 12.4. The monoisotopic (exact) mass is 463 g/mol. The average Bonchev–Trinajstić information content (AvgIpc) is 2.56. The molecule has 0 aliphatic rings. The van der Waals surface area contributed by atoms with Crippen molar-refractivity contribution in [3.05, 3.63) is 64.2 Å². The van der Waals surface area contributed by atoms with Crippen molar-refractivity contribution in [2.24, 2.45) is 0 Å². The molecule has 144 valence electrons. The number of thiocarbonyl (C=S) groups is 1. The van der Waals surface area contributed by atoms with E-state index >= 15 is 0 Å². The molecule has 4 nitrogen and oxygen atoms in total. The molecule has 0 unspecified atom stereocenters. The first-order valence-electron chi connectivity index (χ1n) is 7.84. The summed E-state index contributed by atoms with van der Waals surface area (Å²) in [6, 6.07) is 12.3. The molecule has 9 heteroatoms. The second-order valence-corrected chi connectivity index (χ2v) is 9.09. The third kappa shape index (κ3) is 6.70. The molecule has 3 N–H and O–H groups in total. The van der Waals surface area contributed by atoms with Crippen molar-refractivity contribution >= 4 is 75.3 Å². The average molecular weight is 465 g/mol. The van der Waals surface area contributed by atoms with Crippen LogP contribution in [0.15, 0.2) is 42.5 Å². The van der Waals surface area contributed by atoms with Gasteiger partial charge in [0.05, 0.1) is 0 Å². The van der Waals surface area contributed by atoms with Crippen molar-refractivity contribution in [3.63, 3.8) is 0 Å². The zero-order valence-electron chi connectivity index (χ0n) is 14.4. The molecule has 0 aromatic heterocycles. The maximum absolute atomic E-state index is 12.4. The Hall–Kier alpha value is -1.24. The molecule has 0 heterocycles. The number of amides is 1. The van der Waals surface area contributed by atoms with Crippen molar-refractivity contribution in [1.82, 2.24) is 10.6 Å². The molecule has 0 saturated heterocycles. The number of carbonyl (C=O) groups excluding carboxylic acids is 1. The van der Waals surface area contributed by atoms with E-state index < -0.39 is 15.9 Å². The Kier molecular flexibility index (Phi) is 7.60. The fourth-order valence-corrected chi connectivity index (χ4v) is 2.95. The van der Waals surface area contributed by atoms with Gasteiger partial charge in [0.2, 0.25) is 3.79 Å². The molecule has 1 amide bonds. The Labute approximate surface area is 183 Å². The number of hydrogen-bond acceptors (Lipinski definition) is 2. The molecular weight excluding hydrogens is 448 g/mol. The summed E-state index contributed by atoms with van der Waals surface area (Å²) in [6.07, 6.45) is -1.07. The van der Waals surface area contributed by atoms with Crippen LogP contribution in [0, 0.1) is 13.8 Å². The number of benzene rings is 2. The van der Waals surface area contributed by atoms with Crippen molar-refractivity contribution in [2.45, 2.75) is 23.8 Å². The van der Waals surface area contributed by atoms with Gasteiger partial charge < -0.3 is 16.0 Å². The summed E-state index contributed by atoms with van der Waals surface area (Å²) in [5.41, 5.74) is 3.21. The predicted molar refractivity (Wildman–Crippen MR) is 118 cm³/mol. The van der Waals surface area contributed by atoms with E-state index in [9.17, 15) is 4.79 Å². The van der Waals surface area contributed by atoms with E-state index in [1.807, 2.05) is 32.0 Å². The van der Waals surface area contributed by atoms with Gasteiger partial charge in [-0.25, -0.2) is 0 Å². The minimum Gasteiger partial charge on any atom is -0.339 e. The van der Waals surface area contributed by atoms with Crippen LogP contribution in [0.25, 0.3) is 0 Å². The van der Waals surface area contributed by atoms with Crippen molar-refractivity contribution in [1.29, 1.82) is 0 Å². The Morgan fingerprint density at radius 3 is 2.41 bits per heavy atom. The molecule has 0 spiro atoms. The fraction of sp³-hybridized carbons (Fsp3) is 0.222. The summed E-state index contributed by atoms with van der Waals surface area (Å²) in [7, 11) is 0. The number of aryl methyl sites for hydroxylation is 2. The molecule has 0 aliphatic carbocycles. The molecule has 1 atom stereocenters. The van der Waals surface area contributed by atoms with Gasteiger partial charge in [-0.1, -0.05) is 64.6 Å². The zero-order chi connectivity index (χ0) is 20.2. The third-order valence-corrected chi connectivity index (χ3v) is 4.72.